The summed E-state index contributed by atoms with van der Waals surface area (Å²) < 4.78 is 0. The summed E-state index contributed by atoms with van der Waals surface area (Å²) >= 11 is 0. The van der Waals surface area contributed by atoms with Crippen LogP contribution in [-0.2, 0) is 12.8 Å². The van der Waals surface area contributed by atoms with Gasteiger partial charge in [0.05, 0.1) is 0 Å². The van der Waals surface area contributed by atoms with E-state index in [1.165, 1.54) is 70.2 Å². The summed E-state index contributed by atoms with van der Waals surface area (Å²) in [4.78, 5) is 0. The van der Waals surface area contributed by atoms with Gasteiger partial charge in [-0.1, -0.05) is 92.1 Å². The lowest BCUT2D eigenvalue weighted by Gasteiger charge is -2.29. The van der Waals surface area contributed by atoms with Crippen LogP contribution < -0.4 is 0 Å². The summed E-state index contributed by atoms with van der Waals surface area (Å²) in [5, 5.41) is 0. The Bertz CT molecular complexity index is 1140. The number of aryl methyl sites for hydroxylation is 2. The summed E-state index contributed by atoms with van der Waals surface area (Å²) in [6.07, 6.45) is 12.2. The van der Waals surface area contributed by atoms with Crippen molar-refractivity contribution in [3.05, 3.63) is 88.0 Å². The minimum absolute atomic E-state index is 0.452. The second kappa shape index (κ2) is 8.46. The van der Waals surface area contributed by atoms with Gasteiger partial charge in [-0.05, 0) is 104 Å². The summed E-state index contributed by atoms with van der Waals surface area (Å²) in [6, 6.07) is 11.8. The van der Waals surface area contributed by atoms with E-state index in [4.69, 9.17) is 0 Å². The molecule has 0 heteroatoms. The largest absolute Gasteiger partial charge is 0.0992 e. The molecule has 3 aliphatic rings. The Hall–Kier alpha value is -2.34. The maximum absolute atomic E-state index is 4.35. The molecule has 5 rings (SSSR count). The van der Waals surface area contributed by atoms with Crippen molar-refractivity contribution in [1.82, 2.24) is 0 Å². The van der Waals surface area contributed by atoms with Gasteiger partial charge in [0.1, 0.15) is 0 Å². The van der Waals surface area contributed by atoms with Crippen molar-refractivity contribution < 1.29 is 0 Å². The molecule has 1 unspecified atom stereocenters. The molecule has 0 nitrogen and oxygen atoms in total. The molecule has 0 amide bonds. The van der Waals surface area contributed by atoms with E-state index in [0.29, 0.717) is 11.3 Å². The molecule has 172 valence electrons. The second-order valence-electron chi connectivity index (χ2n) is 11.8. The first-order chi connectivity index (χ1) is 15.7. The van der Waals surface area contributed by atoms with Gasteiger partial charge in [-0.25, -0.2) is 0 Å². The highest BCUT2D eigenvalue weighted by Gasteiger charge is 2.35. The molecule has 0 aromatic heterocycles. The van der Waals surface area contributed by atoms with Gasteiger partial charge in [-0.15, -0.1) is 0 Å². The molecular weight excluding hydrogens is 396 g/mol. The summed E-state index contributed by atoms with van der Waals surface area (Å²) in [5.74, 6) is 1.26. The van der Waals surface area contributed by atoms with E-state index in [0.717, 1.165) is 31.6 Å². The van der Waals surface area contributed by atoms with E-state index < -0.39 is 0 Å². The Morgan fingerprint density at radius 2 is 1.73 bits per heavy atom. The molecule has 2 saturated carbocycles. The van der Waals surface area contributed by atoms with Gasteiger partial charge in [0.25, 0.3) is 0 Å². The molecule has 1 atom stereocenters. The average Bonchev–Trinajstić information content (AvgIpc) is 3.42. The SMILES string of the molecule is C=C1CCC(=C)C1CC1=Cc2cccc(-c3cc(C)cc(C)c3CC3CCCC3(C)C)c2C1. The Labute approximate surface area is 201 Å². The van der Waals surface area contributed by atoms with Crippen molar-refractivity contribution in [2.45, 2.75) is 79.1 Å². The van der Waals surface area contributed by atoms with Crippen LogP contribution in [0.3, 0.4) is 0 Å². The maximum atomic E-state index is 4.35. The topological polar surface area (TPSA) is 0 Å². The maximum Gasteiger partial charge on any atom is 0.00392 e. The van der Waals surface area contributed by atoms with Gasteiger partial charge in [-0.3, -0.25) is 0 Å². The lowest BCUT2D eigenvalue weighted by Crippen LogP contribution is -2.20. The molecule has 0 heterocycles. The van der Waals surface area contributed by atoms with Crippen LogP contribution >= 0.6 is 0 Å². The number of fused-ring (bicyclic) bond motifs is 1. The third-order valence-corrected chi connectivity index (χ3v) is 9.03. The quantitative estimate of drug-likeness (QED) is 0.410. The summed E-state index contributed by atoms with van der Waals surface area (Å²) in [5.41, 5.74) is 15.1. The fourth-order valence-corrected chi connectivity index (χ4v) is 6.86. The molecule has 33 heavy (non-hydrogen) atoms. The number of rotatable bonds is 5. The molecule has 2 fully saturated rings. The van der Waals surface area contributed by atoms with E-state index in [1.54, 1.807) is 11.1 Å². The molecule has 2 aromatic rings. The molecule has 0 bridgehead atoms. The van der Waals surface area contributed by atoms with E-state index in [1.807, 2.05) is 0 Å². The first-order valence-corrected chi connectivity index (χ1v) is 13.0. The highest BCUT2D eigenvalue weighted by Crippen LogP contribution is 2.47. The monoisotopic (exact) mass is 436 g/mol. The van der Waals surface area contributed by atoms with Crippen LogP contribution in [-0.4, -0.2) is 0 Å². The van der Waals surface area contributed by atoms with Crippen LogP contribution in [0.15, 0.2) is 60.2 Å². The van der Waals surface area contributed by atoms with Gasteiger partial charge >= 0.3 is 0 Å². The molecular formula is C33H40. The molecule has 0 saturated heterocycles. The standard InChI is InChI=1S/C33H40/c1-21-15-24(4)30(20-27-10-8-14-33(27,5)6)32(16-21)28-11-7-9-26-17-25(19-31(26)28)18-29-22(2)12-13-23(29)3/h7,9,11,15-17,27,29H,2-3,8,10,12-14,18-20H2,1,4-6H3. The lowest BCUT2D eigenvalue weighted by atomic mass is 9.76. The van der Waals surface area contributed by atoms with E-state index in [2.05, 4.69) is 77.3 Å². The van der Waals surface area contributed by atoms with Gasteiger partial charge in [0.15, 0.2) is 0 Å². The minimum atomic E-state index is 0.452. The Morgan fingerprint density at radius 3 is 2.42 bits per heavy atom. The number of hydrogen-bond donors (Lipinski definition) is 0. The van der Waals surface area contributed by atoms with Gasteiger partial charge in [-0.2, -0.15) is 0 Å². The van der Waals surface area contributed by atoms with Crippen molar-refractivity contribution in [3.63, 3.8) is 0 Å². The second-order valence-corrected chi connectivity index (χ2v) is 11.8. The van der Waals surface area contributed by atoms with Crippen molar-refractivity contribution in [2.75, 3.05) is 0 Å². The van der Waals surface area contributed by atoms with Crippen molar-refractivity contribution in [1.29, 1.82) is 0 Å². The van der Waals surface area contributed by atoms with Crippen molar-refractivity contribution in [2.24, 2.45) is 17.3 Å². The van der Waals surface area contributed by atoms with Crippen LogP contribution in [0.25, 0.3) is 17.2 Å². The predicted molar refractivity (Wildman–Crippen MR) is 143 cm³/mol. The van der Waals surface area contributed by atoms with E-state index in [-0.39, 0.29) is 0 Å². The molecule has 0 spiro atoms. The first kappa shape index (κ1) is 22.5. The smallest absolute Gasteiger partial charge is 0.00392 e. The van der Waals surface area contributed by atoms with E-state index >= 15 is 0 Å². The highest BCUT2D eigenvalue weighted by molar-refractivity contribution is 5.80. The number of hydrogen-bond acceptors (Lipinski definition) is 0. The van der Waals surface area contributed by atoms with Crippen LogP contribution in [0.5, 0.6) is 0 Å². The molecule has 0 N–H and O–H groups in total. The van der Waals surface area contributed by atoms with Crippen LogP contribution in [0, 0.1) is 31.1 Å². The Morgan fingerprint density at radius 1 is 0.970 bits per heavy atom. The summed E-state index contributed by atoms with van der Waals surface area (Å²) in [6.45, 7) is 18.2. The Kier molecular flexibility index (Phi) is 5.76. The molecule has 0 aliphatic heterocycles. The third-order valence-electron chi connectivity index (χ3n) is 9.03. The van der Waals surface area contributed by atoms with Crippen molar-refractivity contribution in [3.8, 4) is 11.1 Å². The van der Waals surface area contributed by atoms with Gasteiger partial charge < -0.3 is 0 Å². The lowest BCUT2D eigenvalue weighted by molar-refractivity contribution is 0.258. The normalized spacial score (nSPS) is 22.2. The zero-order chi connectivity index (χ0) is 23.3. The molecule has 0 radical (unpaired) electrons. The average molecular weight is 437 g/mol. The van der Waals surface area contributed by atoms with Gasteiger partial charge in [0, 0.05) is 5.92 Å². The fraction of sp³-hybridized carbons (Fsp3) is 0.455. The zero-order valence-electron chi connectivity index (χ0n) is 21.2. The van der Waals surface area contributed by atoms with Crippen LogP contribution in [0.2, 0.25) is 0 Å². The third kappa shape index (κ3) is 4.18. The molecule has 2 aromatic carbocycles. The van der Waals surface area contributed by atoms with Crippen LogP contribution in [0.4, 0.5) is 0 Å². The highest BCUT2D eigenvalue weighted by atomic mass is 14.4. The number of allylic oxidation sites excluding steroid dienone is 3. The van der Waals surface area contributed by atoms with Crippen LogP contribution in [0.1, 0.15) is 80.2 Å². The number of benzene rings is 2. The molecule has 3 aliphatic carbocycles. The van der Waals surface area contributed by atoms with Crippen molar-refractivity contribution >= 4 is 6.08 Å². The summed E-state index contributed by atoms with van der Waals surface area (Å²) in [7, 11) is 0. The Balaban J connectivity index is 1.49. The minimum Gasteiger partial charge on any atom is -0.0992 e. The zero-order valence-corrected chi connectivity index (χ0v) is 21.2. The van der Waals surface area contributed by atoms with E-state index in [9.17, 15) is 0 Å². The van der Waals surface area contributed by atoms with Gasteiger partial charge in [0.2, 0.25) is 0 Å². The predicted octanol–water partition coefficient (Wildman–Crippen LogP) is 9.19. The first-order valence-electron chi connectivity index (χ1n) is 13.0. The fourth-order valence-electron chi connectivity index (χ4n) is 6.86.